The topological polar surface area (TPSA) is 29.1 Å². The van der Waals surface area contributed by atoms with E-state index in [1.165, 1.54) is 18.2 Å². The molecule has 0 aliphatic heterocycles. The Labute approximate surface area is 115 Å². The highest BCUT2D eigenvalue weighted by Crippen LogP contribution is 2.26. The number of rotatable bonds is 3. The van der Waals surface area contributed by atoms with E-state index < -0.39 is 11.2 Å². The Kier molecular flexibility index (Phi) is 4.46. The molecule has 1 N–H and O–H groups in total. The van der Waals surface area contributed by atoms with E-state index in [1.54, 1.807) is 0 Å². The molecule has 1 aromatic rings. The summed E-state index contributed by atoms with van der Waals surface area (Å²) in [4.78, 5) is 11.9. The van der Waals surface area contributed by atoms with Crippen molar-refractivity contribution in [3.63, 3.8) is 0 Å². The lowest BCUT2D eigenvalue weighted by Crippen LogP contribution is -2.34. The second-order valence-corrected chi connectivity index (χ2v) is 5.37. The molecular weight excluding hydrogens is 276 g/mol. The fourth-order valence-electron chi connectivity index (χ4n) is 2.17. The van der Waals surface area contributed by atoms with Gasteiger partial charge in [-0.2, -0.15) is 0 Å². The average molecular weight is 290 g/mol. The maximum atomic E-state index is 13.0. The third-order valence-electron chi connectivity index (χ3n) is 3.17. The lowest BCUT2D eigenvalue weighted by atomic mass is 10.1. The summed E-state index contributed by atoms with van der Waals surface area (Å²) in [5.74, 6) is -0.758. The first-order valence-corrected chi connectivity index (χ1v) is 6.79. The van der Waals surface area contributed by atoms with Crippen LogP contribution in [0.5, 0.6) is 0 Å². The van der Waals surface area contributed by atoms with E-state index in [1.807, 2.05) is 0 Å². The fraction of sp³-hybridized carbons (Fsp3) is 0.462. The predicted octanol–water partition coefficient (Wildman–Crippen LogP) is 3.82. The van der Waals surface area contributed by atoms with Crippen LogP contribution < -0.4 is 5.32 Å². The van der Waals surface area contributed by atoms with Crippen LogP contribution in [-0.2, 0) is 4.79 Å². The quantitative estimate of drug-likeness (QED) is 0.842. The molecule has 0 heterocycles. The van der Waals surface area contributed by atoms with Crippen LogP contribution in [0.15, 0.2) is 18.2 Å². The van der Waals surface area contributed by atoms with E-state index in [0.717, 1.165) is 25.7 Å². The van der Waals surface area contributed by atoms with Gasteiger partial charge in [0, 0.05) is 6.04 Å². The Morgan fingerprint density at radius 1 is 1.39 bits per heavy atom. The van der Waals surface area contributed by atoms with Crippen LogP contribution in [0.4, 0.5) is 4.39 Å². The number of hydrogen-bond donors (Lipinski definition) is 1. The van der Waals surface area contributed by atoms with E-state index >= 15 is 0 Å². The monoisotopic (exact) mass is 289 g/mol. The van der Waals surface area contributed by atoms with Crippen LogP contribution in [-0.4, -0.2) is 11.9 Å². The Morgan fingerprint density at radius 3 is 2.67 bits per heavy atom. The van der Waals surface area contributed by atoms with Crippen molar-refractivity contribution in [3.05, 3.63) is 34.6 Å². The van der Waals surface area contributed by atoms with Gasteiger partial charge in [-0.15, -0.1) is 11.6 Å². The van der Waals surface area contributed by atoms with Gasteiger partial charge in [0.1, 0.15) is 11.2 Å². The van der Waals surface area contributed by atoms with Crippen LogP contribution in [0.1, 0.15) is 36.6 Å². The Hall–Kier alpha value is -0.800. The van der Waals surface area contributed by atoms with Crippen molar-refractivity contribution in [2.45, 2.75) is 37.1 Å². The van der Waals surface area contributed by atoms with Gasteiger partial charge in [0.05, 0.1) is 5.02 Å². The van der Waals surface area contributed by atoms with Gasteiger partial charge in [-0.3, -0.25) is 4.79 Å². The molecule has 1 fully saturated rings. The molecule has 2 nitrogen and oxygen atoms in total. The average Bonchev–Trinajstić information content (AvgIpc) is 2.84. The molecule has 5 heteroatoms. The van der Waals surface area contributed by atoms with E-state index in [-0.39, 0.29) is 17.0 Å². The second-order valence-electron chi connectivity index (χ2n) is 4.53. The third-order valence-corrected chi connectivity index (χ3v) is 3.91. The molecule has 98 valence electrons. The van der Waals surface area contributed by atoms with E-state index in [9.17, 15) is 9.18 Å². The SMILES string of the molecule is O=C(NC1CCCC1)C(Cl)c1ccc(F)c(Cl)c1. The lowest BCUT2D eigenvalue weighted by Gasteiger charge is -2.15. The molecule has 0 spiro atoms. The van der Waals surface area contributed by atoms with Crippen molar-refractivity contribution in [1.29, 1.82) is 0 Å². The Bertz CT molecular complexity index is 447. The summed E-state index contributed by atoms with van der Waals surface area (Å²) >= 11 is 11.7. The summed E-state index contributed by atoms with van der Waals surface area (Å²) in [6.07, 6.45) is 4.28. The number of nitrogens with one attached hydrogen (secondary N) is 1. The maximum absolute atomic E-state index is 13.0. The summed E-state index contributed by atoms with van der Waals surface area (Å²) in [7, 11) is 0. The van der Waals surface area contributed by atoms with E-state index in [2.05, 4.69) is 5.32 Å². The van der Waals surface area contributed by atoms with Crippen molar-refractivity contribution < 1.29 is 9.18 Å². The minimum absolute atomic E-state index is 0.0215. The molecule has 0 saturated heterocycles. The van der Waals surface area contributed by atoms with Crippen molar-refractivity contribution in [2.24, 2.45) is 0 Å². The van der Waals surface area contributed by atoms with Crippen LogP contribution in [0, 0.1) is 5.82 Å². The zero-order valence-corrected chi connectivity index (χ0v) is 11.3. The molecule has 1 unspecified atom stereocenters. The summed E-state index contributed by atoms with van der Waals surface area (Å²) in [6, 6.07) is 4.31. The molecule has 1 atom stereocenters. The highest BCUT2D eigenvalue weighted by molar-refractivity contribution is 6.32. The standard InChI is InChI=1S/C13H14Cl2FNO/c14-10-7-8(5-6-11(10)16)12(15)13(18)17-9-3-1-2-4-9/h5-7,9,12H,1-4H2,(H,17,18). The molecule has 0 aromatic heterocycles. The minimum Gasteiger partial charge on any atom is -0.352 e. The lowest BCUT2D eigenvalue weighted by molar-refractivity contribution is -0.121. The van der Waals surface area contributed by atoms with Crippen LogP contribution >= 0.6 is 23.2 Å². The molecule has 1 saturated carbocycles. The van der Waals surface area contributed by atoms with Gasteiger partial charge < -0.3 is 5.32 Å². The van der Waals surface area contributed by atoms with Crippen molar-refractivity contribution in [1.82, 2.24) is 5.32 Å². The summed E-state index contributed by atoms with van der Waals surface area (Å²) < 4.78 is 13.0. The van der Waals surface area contributed by atoms with Crippen molar-refractivity contribution in [3.8, 4) is 0 Å². The van der Waals surface area contributed by atoms with E-state index in [4.69, 9.17) is 23.2 Å². The van der Waals surface area contributed by atoms with Gasteiger partial charge in [0.25, 0.3) is 0 Å². The molecule has 0 bridgehead atoms. The Morgan fingerprint density at radius 2 is 2.06 bits per heavy atom. The molecule has 2 rings (SSSR count). The van der Waals surface area contributed by atoms with Gasteiger partial charge in [0.15, 0.2) is 0 Å². The highest BCUT2D eigenvalue weighted by atomic mass is 35.5. The van der Waals surface area contributed by atoms with Gasteiger partial charge in [-0.25, -0.2) is 4.39 Å². The first-order valence-electron chi connectivity index (χ1n) is 5.97. The number of hydrogen-bond acceptors (Lipinski definition) is 1. The zero-order valence-electron chi connectivity index (χ0n) is 9.76. The molecule has 1 aliphatic carbocycles. The van der Waals surface area contributed by atoms with Gasteiger partial charge >= 0.3 is 0 Å². The van der Waals surface area contributed by atoms with Crippen LogP contribution in [0.3, 0.4) is 0 Å². The second kappa shape index (κ2) is 5.89. The normalized spacial score (nSPS) is 17.7. The number of carbonyl (C=O) groups is 1. The number of benzene rings is 1. The summed E-state index contributed by atoms with van der Waals surface area (Å²) in [6.45, 7) is 0. The molecule has 1 aliphatic rings. The number of amides is 1. The fourth-order valence-corrected chi connectivity index (χ4v) is 2.55. The number of alkyl halides is 1. The van der Waals surface area contributed by atoms with Crippen molar-refractivity contribution >= 4 is 29.1 Å². The van der Waals surface area contributed by atoms with Crippen molar-refractivity contribution in [2.75, 3.05) is 0 Å². The summed E-state index contributed by atoms with van der Waals surface area (Å²) in [5.41, 5.74) is 0.513. The summed E-state index contributed by atoms with van der Waals surface area (Å²) in [5, 5.41) is 2.05. The first kappa shape index (κ1) is 13.6. The van der Waals surface area contributed by atoms with Gasteiger partial charge in [-0.1, -0.05) is 30.5 Å². The predicted molar refractivity (Wildman–Crippen MR) is 70.4 cm³/mol. The number of halogens is 3. The van der Waals surface area contributed by atoms with Gasteiger partial charge in [-0.05, 0) is 30.5 Å². The van der Waals surface area contributed by atoms with Crippen LogP contribution in [0.25, 0.3) is 0 Å². The minimum atomic E-state index is -0.830. The maximum Gasteiger partial charge on any atom is 0.242 e. The van der Waals surface area contributed by atoms with E-state index in [0.29, 0.717) is 5.56 Å². The molecule has 0 radical (unpaired) electrons. The zero-order chi connectivity index (χ0) is 13.1. The molecule has 1 aromatic carbocycles. The number of carbonyl (C=O) groups excluding carboxylic acids is 1. The Balaban J connectivity index is 2.02. The van der Waals surface area contributed by atoms with Gasteiger partial charge in [0.2, 0.25) is 5.91 Å². The smallest absolute Gasteiger partial charge is 0.242 e. The van der Waals surface area contributed by atoms with Crippen LogP contribution in [0.2, 0.25) is 5.02 Å². The largest absolute Gasteiger partial charge is 0.352 e. The highest BCUT2D eigenvalue weighted by Gasteiger charge is 2.23. The first-order chi connectivity index (χ1) is 8.58. The molecular formula is C13H14Cl2FNO. The third kappa shape index (κ3) is 3.15. The molecule has 18 heavy (non-hydrogen) atoms. The molecule has 1 amide bonds.